The van der Waals surface area contributed by atoms with Crippen molar-refractivity contribution in [2.45, 2.75) is 6.92 Å². The van der Waals surface area contributed by atoms with Crippen LogP contribution in [-0.4, -0.2) is 9.55 Å². The summed E-state index contributed by atoms with van der Waals surface area (Å²) in [7, 11) is 0. The van der Waals surface area contributed by atoms with Crippen LogP contribution in [0.25, 0.3) is 39.0 Å². The van der Waals surface area contributed by atoms with E-state index in [9.17, 15) is 0 Å². The van der Waals surface area contributed by atoms with Gasteiger partial charge in [-0.3, -0.25) is 4.98 Å². The summed E-state index contributed by atoms with van der Waals surface area (Å²) in [6.07, 6.45) is 3.82. The summed E-state index contributed by atoms with van der Waals surface area (Å²) in [5.41, 5.74) is 5.02. The first kappa shape index (κ1) is 16.8. The molecule has 0 aliphatic heterocycles. The van der Waals surface area contributed by atoms with E-state index in [1.54, 1.807) is 0 Å². The second kappa shape index (κ2) is 6.56. The number of fused-ring (bicyclic) bond motifs is 3. The minimum Gasteiger partial charge on any atom is -0.500 e. The summed E-state index contributed by atoms with van der Waals surface area (Å²) < 4.78 is 8.01. The predicted molar refractivity (Wildman–Crippen MR) is 99.9 cm³/mol. The molecular weight excluding hydrogens is 500 g/mol. The monoisotopic (exact) mass is 516 g/mol. The third kappa shape index (κ3) is 2.59. The van der Waals surface area contributed by atoms with Crippen molar-refractivity contribution in [1.29, 1.82) is 0 Å². The maximum absolute atomic E-state index is 5.90. The standard InChI is InChI=1S/C22H15N2O.Ir/c1-15-6-2-4-8-19(15)24-13-12-23-22(24)16-10-11-21-18(14-16)17-7-3-5-9-20(17)25-21;/h2-9,11-14H,1H3;/q-1;. The molecule has 2 heterocycles. The topological polar surface area (TPSA) is 31.0 Å². The van der Waals surface area contributed by atoms with Crippen molar-refractivity contribution in [3.05, 3.63) is 84.7 Å². The van der Waals surface area contributed by atoms with Gasteiger partial charge in [0, 0.05) is 43.6 Å². The van der Waals surface area contributed by atoms with Gasteiger partial charge >= 0.3 is 0 Å². The van der Waals surface area contributed by atoms with Crippen LogP contribution in [0.3, 0.4) is 0 Å². The molecule has 0 spiro atoms. The molecule has 5 rings (SSSR count). The Morgan fingerprint density at radius 3 is 2.65 bits per heavy atom. The number of aromatic nitrogens is 2. The SMILES string of the molecule is Cc1ccccc1-n1ccnc1-c1[c-]cc2oc3ccccc3c2c1.[Ir]. The molecular formula is C22H15IrN2O-. The Hall–Kier alpha value is -2.68. The van der Waals surface area contributed by atoms with Gasteiger partial charge in [-0.25, -0.2) is 0 Å². The van der Waals surface area contributed by atoms with Gasteiger partial charge in [-0.2, -0.15) is 0 Å². The Bertz CT molecular complexity index is 1220. The van der Waals surface area contributed by atoms with Crippen molar-refractivity contribution in [3.8, 4) is 17.1 Å². The molecule has 0 saturated carbocycles. The van der Waals surface area contributed by atoms with Crippen LogP contribution in [0.5, 0.6) is 0 Å². The van der Waals surface area contributed by atoms with Crippen LogP contribution in [0.1, 0.15) is 5.56 Å². The number of furan rings is 1. The molecule has 0 amide bonds. The molecule has 0 unspecified atom stereocenters. The fraction of sp³-hybridized carbons (Fsp3) is 0.0455. The third-order valence-corrected chi connectivity index (χ3v) is 4.57. The number of benzene rings is 3. The summed E-state index contributed by atoms with van der Waals surface area (Å²) in [6, 6.07) is 23.7. The van der Waals surface area contributed by atoms with E-state index in [4.69, 9.17) is 4.42 Å². The number of hydrogen-bond donors (Lipinski definition) is 0. The Morgan fingerprint density at radius 2 is 1.77 bits per heavy atom. The van der Waals surface area contributed by atoms with E-state index in [0.29, 0.717) is 0 Å². The molecule has 0 saturated heterocycles. The fourth-order valence-electron chi connectivity index (χ4n) is 3.33. The molecule has 2 aromatic heterocycles. The van der Waals surface area contributed by atoms with Gasteiger partial charge in [0.15, 0.2) is 0 Å². The van der Waals surface area contributed by atoms with E-state index >= 15 is 0 Å². The van der Waals surface area contributed by atoms with Crippen LogP contribution in [-0.2, 0) is 20.1 Å². The Kier molecular flexibility index (Phi) is 4.23. The molecule has 0 aliphatic rings. The molecule has 0 atom stereocenters. The second-order valence-corrected chi connectivity index (χ2v) is 6.13. The van der Waals surface area contributed by atoms with Gasteiger partial charge in [-0.05, 0) is 24.6 Å². The average Bonchev–Trinajstić information content (AvgIpc) is 3.26. The quantitative estimate of drug-likeness (QED) is 0.289. The van der Waals surface area contributed by atoms with Crippen LogP contribution in [0, 0.1) is 13.0 Å². The number of imidazole rings is 1. The van der Waals surface area contributed by atoms with Crippen molar-refractivity contribution in [2.75, 3.05) is 0 Å². The smallest absolute Gasteiger partial charge is 0.120 e. The Labute approximate surface area is 164 Å². The minimum absolute atomic E-state index is 0. The van der Waals surface area contributed by atoms with Gasteiger partial charge in [-0.1, -0.05) is 41.8 Å². The van der Waals surface area contributed by atoms with E-state index < -0.39 is 0 Å². The molecule has 0 fully saturated rings. The molecule has 129 valence electrons. The van der Waals surface area contributed by atoms with E-state index in [1.165, 1.54) is 5.56 Å². The Balaban J connectivity index is 0.00000168. The zero-order chi connectivity index (χ0) is 16.8. The maximum atomic E-state index is 5.90. The number of hydrogen-bond acceptors (Lipinski definition) is 2. The van der Waals surface area contributed by atoms with Crippen LogP contribution < -0.4 is 0 Å². The summed E-state index contributed by atoms with van der Waals surface area (Å²) in [4.78, 5) is 4.58. The van der Waals surface area contributed by atoms with Crippen LogP contribution >= 0.6 is 0 Å². The molecule has 4 heteroatoms. The first-order valence-corrected chi connectivity index (χ1v) is 8.24. The van der Waals surface area contributed by atoms with Crippen LogP contribution in [0.15, 0.2) is 77.5 Å². The first-order valence-electron chi connectivity index (χ1n) is 8.24. The summed E-state index contributed by atoms with van der Waals surface area (Å²) in [5.74, 6) is 0.876. The largest absolute Gasteiger partial charge is 0.500 e. The molecule has 1 radical (unpaired) electrons. The van der Waals surface area contributed by atoms with E-state index in [-0.39, 0.29) is 20.1 Å². The van der Waals surface area contributed by atoms with E-state index in [0.717, 1.165) is 39.0 Å². The number of nitrogens with zero attached hydrogens (tertiary/aromatic N) is 2. The second-order valence-electron chi connectivity index (χ2n) is 6.13. The number of rotatable bonds is 2. The van der Waals surface area contributed by atoms with Crippen LogP contribution in [0.2, 0.25) is 0 Å². The van der Waals surface area contributed by atoms with Crippen molar-refractivity contribution in [1.82, 2.24) is 9.55 Å². The van der Waals surface area contributed by atoms with Gasteiger partial charge in [-0.15, -0.1) is 23.8 Å². The number of para-hydroxylation sites is 2. The van der Waals surface area contributed by atoms with Gasteiger partial charge in [0.2, 0.25) is 0 Å². The van der Waals surface area contributed by atoms with Crippen molar-refractivity contribution < 1.29 is 24.5 Å². The molecule has 0 aliphatic carbocycles. The van der Waals surface area contributed by atoms with Gasteiger partial charge in [0.25, 0.3) is 0 Å². The van der Waals surface area contributed by atoms with E-state index in [1.807, 2.05) is 48.8 Å². The van der Waals surface area contributed by atoms with Gasteiger partial charge in [0.1, 0.15) is 5.58 Å². The molecule has 26 heavy (non-hydrogen) atoms. The predicted octanol–water partition coefficient (Wildman–Crippen LogP) is 5.54. The molecule has 0 N–H and O–H groups in total. The summed E-state index contributed by atoms with van der Waals surface area (Å²) in [6.45, 7) is 2.11. The van der Waals surface area contributed by atoms with Crippen LogP contribution in [0.4, 0.5) is 0 Å². The van der Waals surface area contributed by atoms with E-state index in [2.05, 4.69) is 46.8 Å². The molecule has 5 aromatic rings. The third-order valence-electron chi connectivity index (χ3n) is 4.57. The molecule has 3 nitrogen and oxygen atoms in total. The Morgan fingerprint density at radius 1 is 0.962 bits per heavy atom. The van der Waals surface area contributed by atoms with Crippen molar-refractivity contribution >= 4 is 21.9 Å². The molecule has 3 aromatic carbocycles. The number of aryl methyl sites for hydroxylation is 1. The fourth-order valence-corrected chi connectivity index (χ4v) is 3.33. The zero-order valence-electron chi connectivity index (χ0n) is 14.1. The average molecular weight is 516 g/mol. The molecule has 0 bridgehead atoms. The van der Waals surface area contributed by atoms with Crippen molar-refractivity contribution in [3.63, 3.8) is 0 Å². The minimum atomic E-state index is 0. The van der Waals surface area contributed by atoms with Gasteiger partial charge < -0.3 is 8.98 Å². The maximum Gasteiger partial charge on any atom is 0.120 e. The summed E-state index contributed by atoms with van der Waals surface area (Å²) >= 11 is 0. The normalized spacial score (nSPS) is 11.0. The van der Waals surface area contributed by atoms with Gasteiger partial charge in [0.05, 0.1) is 11.4 Å². The summed E-state index contributed by atoms with van der Waals surface area (Å²) in [5, 5.41) is 2.20. The first-order chi connectivity index (χ1) is 12.3. The van der Waals surface area contributed by atoms with Crippen molar-refractivity contribution in [2.24, 2.45) is 0 Å². The zero-order valence-corrected chi connectivity index (χ0v) is 16.5.